The first-order chi connectivity index (χ1) is 15.7. The summed E-state index contributed by atoms with van der Waals surface area (Å²) in [5.41, 5.74) is -3.37. The normalized spacial score (nSPS) is 27.3. The molecule has 178 valence electrons. The highest BCUT2D eigenvalue weighted by Crippen LogP contribution is 2.48. The number of aliphatic hydroxyl groups is 2. The molecule has 1 aliphatic heterocycles. The quantitative estimate of drug-likeness (QED) is 0.593. The Morgan fingerprint density at radius 3 is 2.58 bits per heavy atom. The molecule has 4 atom stereocenters. The van der Waals surface area contributed by atoms with Gasteiger partial charge in [-0.05, 0) is 19.3 Å². The van der Waals surface area contributed by atoms with Crippen molar-refractivity contribution in [1.82, 2.24) is 9.55 Å². The molecule has 4 unspecified atom stereocenters. The summed E-state index contributed by atoms with van der Waals surface area (Å²) >= 11 is 0. The Labute approximate surface area is 185 Å². The SMILES string of the molecule is COc1c(N2CC3C=CCC(O)C(O)C3C2)c(F)c(C(F)F)c2c(=O)[nH]c(=O)n(C3CC3)c12. The summed E-state index contributed by atoms with van der Waals surface area (Å²) in [6.07, 6.45) is -0.300. The van der Waals surface area contributed by atoms with Crippen molar-refractivity contribution in [3.8, 4) is 5.75 Å². The predicted molar refractivity (Wildman–Crippen MR) is 114 cm³/mol. The number of benzene rings is 1. The molecule has 3 N–H and O–H groups in total. The Balaban J connectivity index is 1.78. The first kappa shape index (κ1) is 22.0. The molecule has 0 amide bonds. The predicted octanol–water partition coefficient (Wildman–Crippen LogP) is 1.84. The first-order valence-electron chi connectivity index (χ1n) is 10.9. The molecule has 1 aromatic carbocycles. The lowest BCUT2D eigenvalue weighted by Gasteiger charge is -2.27. The van der Waals surface area contributed by atoms with Crippen LogP contribution in [0.25, 0.3) is 10.9 Å². The molecule has 2 heterocycles. The number of H-pyrrole nitrogens is 1. The zero-order valence-electron chi connectivity index (χ0n) is 17.8. The number of nitrogens with zero attached hydrogens (tertiary/aromatic N) is 2. The summed E-state index contributed by atoms with van der Waals surface area (Å²) in [6.45, 7) is 0.259. The molecule has 2 fully saturated rings. The van der Waals surface area contributed by atoms with Crippen LogP contribution in [0, 0.1) is 17.7 Å². The van der Waals surface area contributed by atoms with Crippen LogP contribution in [0.4, 0.5) is 18.9 Å². The van der Waals surface area contributed by atoms with Crippen LogP contribution in [0.3, 0.4) is 0 Å². The number of anilines is 1. The highest BCUT2D eigenvalue weighted by molar-refractivity contribution is 5.94. The Hall–Kier alpha value is -2.79. The number of aromatic amines is 1. The van der Waals surface area contributed by atoms with Crippen LogP contribution in [0.15, 0.2) is 21.7 Å². The van der Waals surface area contributed by atoms with Crippen LogP contribution in [-0.4, -0.2) is 52.2 Å². The number of hydrogen-bond acceptors (Lipinski definition) is 6. The van der Waals surface area contributed by atoms with E-state index in [2.05, 4.69) is 0 Å². The van der Waals surface area contributed by atoms with Crippen molar-refractivity contribution in [2.75, 3.05) is 25.1 Å². The highest BCUT2D eigenvalue weighted by atomic mass is 19.3. The lowest BCUT2D eigenvalue weighted by molar-refractivity contribution is -0.0135. The average molecular weight is 467 g/mol. The maximum Gasteiger partial charge on any atom is 0.329 e. The summed E-state index contributed by atoms with van der Waals surface area (Å²) in [5.74, 6) is -2.18. The van der Waals surface area contributed by atoms with Gasteiger partial charge in [0.2, 0.25) is 0 Å². The summed E-state index contributed by atoms with van der Waals surface area (Å²) < 4.78 is 50.7. The molecule has 5 rings (SSSR count). The van der Waals surface area contributed by atoms with Gasteiger partial charge in [0.05, 0.1) is 30.3 Å². The van der Waals surface area contributed by atoms with E-state index in [4.69, 9.17) is 4.74 Å². The fourth-order valence-corrected chi connectivity index (χ4v) is 5.25. The standard InChI is InChI=1S/C22H24F3N3O5/c1-33-19-16-14(21(31)26-22(32)28(16)10-5-6-10)13(20(24)25)15(23)17(19)27-7-9-3-2-4-12(29)18(30)11(9)8-27/h2-3,9-12,18,20,29-30H,4-8H2,1H3,(H,26,31,32). The van der Waals surface area contributed by atoms with E-state index in [9.17, 15) is 28.6 Å². The minimum Gasteiger partial charge on any atom is -0.492 e. The maximum atomic E-state index is 15.7. The smallest absolute Gasteiger partial charge is 0.329 e. The Bertz CT molecular complexity index is 1250. The second-order valence-electron chi connectivity index (χ2n) is 8.95. The molecule has 8 nitrogen and oxygen atoms in total. The van der Waals surface area contributed by atoms with Gasteiger partial charge in [-0.3, -0.25) is 14.3 Å². The Morgan fingerprint density at radius 1 is 1.21 bits per heavy atom. The molecular weight excluding hydrogens is 443 g/mol. The Kier molecular flexibility index (Phi) is 5.28. The fourth-order valence-electron chi connectivity index (χ4n) is 5.25. The summed E-state index contributed by atoms with van der Waals surface area (Å²) in [6, 6.07) is -0.306. The van der Waals surface area contributed by atoms with E-state index in [1.807, 2.05) is 11.1 Å². The van der Waals surface area contributed by atoms with Gasteiger partial charge in [-0.1, -0.05) is 12.2 Å². The number of hydrogen-bond donors (Lipinski definition) is 3. The van der Waals surface area contributed by atoms with Gasteiger partial charge in [0.1, 0.15) is 11.2 Å². The van der Waals surface area contributed by atoms with Crippen molar-refractivity contribution in [3.05, 3.63) is 44.4 Å². The molecule has 2 aromatic rings. The number of rotatable bonds is 4. The number of aliphatic hydroxyl groups excluding tert-OH is 2. The van der Waals surface area contributed by atoms with Crippen molar-refractivity contribution in [1.29, 1.82) is 0 Å². The molecule has 11 heteroatoms. The minimum atomic E-state index is -3.32. The van der Waals surface area contributed by atoms with Crippen LogP contribution in [0.1, 0.15) is 37.3 Å². The topological polar surface area (TPSA) is 108 Å². The van der Waals surface area contributed by atoms with Gasteiger partial charge in [0, 0.05) is 31.0 Å². The number of aromatic nitrogens is 2. The van der Waals surface area contributed by atoms with Crippen LogP contribution < -0.4 is 20.9 Å². The number of methoxy groups -OCH3 is 1. The van der Waals surface area contributed by atoms with Crippen LogP contribution in [0.2, 0.25) is 0 Å². The van der Waals surface area contributed by atoms with Crippen LogP contribution in [0.5, 0.6) is 5.75 Å². The highest BCUT2D eigenvalue weighted by Gasteiger charge is 2.43. The van der Waals surface area contributed by atoms with E-state index in [0.29, 0.717) is 12.8 Å². The van der Waals surface area contributed by atoms with Crippen molar-refractivity contribution in [3.63, 3.8) is 0 Å². The lowest BCUT2D eigenvalue weighted by atomic mass is 9.90. The third kappa shape index (κ3) is 3.36. The fraction of sp³-hybridized carbons (Fsp3) is 0.545. The summed E-state index contributed by atoms with van der Waals surface area (Å²) in [4.78, 5) is 28.7. The Morgan fingerprint density at radius 2 is 1.94 bits per heavy atom. The number of alkyl halides is 2. The number of halogens is 3. The van der Waals surface area contributed by atoms with Crippen molar-refractivity contribution < 1.29 is 28.1 Å². The average Bonchev–Trinajstić information content (AvgIpc) is 3.52. The lowest BCUT2D eigenvalue weighted by Crippen LogP contribution is -2.36. The van der Waals surface area contributed by atoms with Gasteiger partial charge >= 0.3 is 5.69 Å². The summed E-state index contributed by atoms with van der Waals surface area (Å²) in [5, 5.41) is 20.1. The van der Waals surface area contributed by atoms with Crippen molar-refractivity contribution in [2.45, 2.75) is 43.9 Å². The zero-order chi connectivity index (χ0) is 23.6. The van der Waals surface area contributed by atoms with Crippen LogP contribution >= 0.6 is 0 Å². The third-order valence-corrected chi connectivity index (χ3v) is 6.94. The molecule has 0 radical (unpaired) electrons. The third-order valence-electron chi connectivity index (χ3n) is 6.94. The molecule has 1 saturated carbocycles. The largest absolute Gasteiger partial charge is 0.492 e. The van der Waals surface area contributed by atoms with Crippen molar-refractivity contribution >= 4 is 16.6 Å². The molecule has 2 aliphatic carbocycles. The second kappa shape index (κ2) is 7.91. The maximum absolute atomic E-state index is 15.7. The van der Waals surface area contributed by atoms with E-state index < -0.39 is 52.6 Å². The van der Waals surface area contributed by atoms with Gasteiger partial charge in [0.25, 0.3) is 12.0 Å². The van der Waals surface area contributed by atoms with Crippen LogP contribution in [-0.2, 0) is 0 Å². The monoisotopic (exact) mass is 467 g/mol. The molecule has 3 aliphatic rings. The molecule has 33 heavy (non-hydrogen) atoms. The van der Waals surface area contributed by atoms with Gasteiger partial charge in [-0.25, -0.2) is 18.0 Å². The number of fused-ring (bicyclic) bond motifs is 2. The first-order valence-corrected chi connectivity index (χ1v) is 10.9. The molecule has 1 aromatic heterocycles. The minimum absolute atomic E-state index is 0.0749. The van der Waals surface area contributed by atoms with E-state index in [0.717, 1.165) is 0 Å². The van der Waals surface area contributed by atoms with E-state index in [1.54, 1.807) is 6.08 Å². The molecule has 0 bridgehead atoms. The van der Waals surface area contributed by atoms with E-state index in [-0.39, 0.29) is 48.4 Å². The second-order valence-corrected chi connectivity index (χ2v) is 8.95. The number of ether oxygens (including phenoxy) is 1. The van der Waals surface area contributed by atoms with Crippen molar-refractivity contribution in [2.24, 2.45) is 11.8 Å². The molecular formula is C22H24F3N3O5. The van der Waals surface area contributed by atoms with Gasteiger partial charge < -0.3 is 19.8 Å². The van der Waals surface area contributed by atoms with Gasteiger partial charge in [-0.15, -0.1) is 0 Å². The van der Waals surface area contributed by atoms with Gasteiger partial charge in [0.15, 0.2) is 11.6 Å². The molecule has 0 spiro atoms. The molecule has 1 saturated heterocycles. The van der Waals surface area contributed by atoms with Gasteiger partial charge in [-0.2, -0.15) is 0 Å². The number of nitrogens with one attached hydrogen (secondary N) is 1. The summed E-state index contributed by atoms with van der Waals surface area (Å²) in [7, 11) is 1.23. The van der Waals surface area contributed by atoms with E-state index in [1.165, 1.54) is 16.6 Å². The zero-order valence-corrected chi connectivity index (χ0v) is 17.8. The van der Waals surface area contributed by atoms with E-state index >= 15 is 4.39 Å².